The number of hydrogen-bond acceptors (Lipinski definition) is 28. The van der Waals surface area contributed by atoms with Crippen molar-refractivity contribution in [2.75, 3.05) is 24.7 Å². The van der Waals surface area contributed by atoms with Crippen LogP contribution in [-0.4, -0.2) is 109 Å². The number of nitrogens with zero attached hydrogens (tertiary/aromatic N) is 8. The first-order valence-corrected chi connectivity index (χ1v) is 20.1. The second kappa shape index (κ2) is 20.1. The van der Waals surface area contributed by atoms with Crippen LogP contribution in [0.4, 0.5) is 11.6 Å². The summed E-state index contributed by atoms with van der Waals surface area (Å²) in [6, 6.07) is 0. The Morgan fingerprint density at radius 1 is 0.596 bits per heavy atom. The van der Waals surface area contributed by atoms with Crippen molar-refractivity contribution >= 4 is 65.3 Å². The average Bonchev–Trinajstić information content (AvgIpc) is 3.80. The molecule has 0 aromatic carbocycles. The molecule has 6 heterocycles. The standard InChI is InChI=1S/2C10H15N5O10P2.3Zn/c2*11-8-5-9(13-2-12-8)15(3-14-5)10-7(17)6(16)4(24-10)1-23-27(21,22)25-26(18,19)20;;;/h2*2-4,6-7,10,16-17H,1H2,(H,21,22)(H2,11,12,13)(H2,18,19,20);;;/q;;3*+2/p-6/t2*4-,6-,7-,10-;;;/m11.../s1. The van der Waals surface area contributed by atoms with Gasteiger partial charge in [0.15, 0.2) is 35.4 Å². The number of fused-ring (bicyclic) bond motifs is 2. The Hall–Kier alpha value is -1.15. The summed E-state index contributed by atoms with van der Waals surface area (Å²) in [4.78, 5) is 87.3. The van der Waals surface area contributed by atoms with E-state index in [1.165, 1.54) is 21.8 Å². The number of rotatable bonds is 12. The van der Waals surface area contributed by atoms with Gasteiger partial charge in [0.05, 0.1) is 41.5 Å². The quantitative estimate of drug-likeness (QED) is 0.0567. The number of anilines is 2. The Balaban J connectivity index is 0.000000374. The van der Waals surface area contributed by atoms with Crippen LogP contribution in [0.25, 0.3) is 22.3 Å². The SMILES string of the molecule is Nc1ncnc2c1ncn2[C@@H]1O[C@H](COP(=O)([O-])OP(=O)([O-])[O-])[C@@H](O)[C@H]1O.Nc1ncnc2c1ncn2[C@@H]1O[C@H](COP(=O)([O-])OP(=O)([O-])[O-])[C@@H](O)[C@H]1O.[Zn+2].[Zn+2].[Zn+2]. The Kier molecular flexibility index (Phi) is 18.4. The van der Waals surface area contributed by atoms with E-state index in [1.54, 1.807) is 0 Å². The monoisotopic (exact) mass is 1040 g/mol. The van der Waals surface area contributed by atoms with Crippen molar-refractivity contribution in [1.82, 2.24) is 39.0 Å². The number of phosphoric acid groups is 4. The summed E-state index contributed by atoms with van der Waals surface area (Å²) in [5.74, 6) is 0.131. The molecule has 300 valence electrons. The van der Waals surface area contributed by atoms with Gasteiger partial charge < -0.3 is 88.9 Å². The molecule has 8 N–H and O–H groups in total. The van der Waals surface area contributed by atoms with Gasteiger partial charge in [-0.2, -0.15) is 0 Å². The van der Waals surface area contributed by atoms with E-state index < -0.39 is 93.6 Å². The number of ether oxygens (including phenoxy) is 2. The molecule has 2 aliphatic heterocycles. The molecular formula is C20H24N10O20P4Zn3. The molecule has 4 aromatic heterocycles. The van der Waals surface area contributed by atoms with E-state index in [2.05, 4.69) is 47.6 Å². The minimum atomic E-state index is -5.85. The molecule has 57 heavy (non-hydrogen) atoms. The van der Waals surface area contributed by atoms with Crippen molar-refractivity contribution in [2.24, 2.45) is 0 Å². The summed E-state index contributed by atoms with van der Waals surface area (Å²) >= 11 is 0. The second-order valence-corrected chi connectivity index (χ2v) is 16.2. The second-order valence-electron chi connectivity index (χ2n) is 10.8. The van der Waals surface area contributed by atoms with Crippen LogP contribution in [0.15, 0.2) is 25.3 Å². The maximum Gasteiger partial charge on any atom is 2.00 e. The minimum Gasteiger partial charge on any atom is -0.790 e. The van der Waals surface area contributed by atoms with Gasteiger partial charge in [0.1, 0.15) is 60.3 Å². The van der Waals surface area contributed by atoms with E-state index in [4.69, 9.17) is 20.9 Å². The van der Waals surface area contributed by atoms with Crippen LogP contribution in [-0.2, 0) is 104 Å². The van der Waals surface area contributed by atoms with Crippen LogP contribution < -0.4 is 40.8 Å². The third-order valence-corrected chi connectivity index (χ3v) is 11.3. The number of aliphatic hydroxyl groups excluding tert-OH is 4. The van der Waals surface area contributed by atoms with Gasteiger partial charge in [-0.15, -0.1) is 0 Å². The number of aliphatic hydroxyl groups is 4. The predicted molar refractivity (Wildman–Crippen MR) is 156 cm³/mol. The van der Waals surface area contributed by atoms with Crippen molar-refractivity contribution in [3.63, 3.8) is 0 Å². The van der Waals surface area contributed by atoms with Gasteiger partial charge in [-0.1, -0.05) is 0 Å². The van der Waals surface area contributed by atoms with Gasteiger partial charge in [0.25, 0.3) is 15.6 Å². The normalized spacial score (nSPS) is 27.0. The number of nitrogen functional groups attached to an aromatic ring is 2. The zero-order chi connectivity index (χ0) is 40.0. The molecule has 0 radical (unpaired) electrons. The summed E-state index contributed by atoms with van der Waals surface area (Å²) in [5.41, 5.74) is 12.1. The van der Waals surface area contributed by atoms with Gasteiger partial charge >= 0.3 is 58.4 Å². The fourth-order valence-electron chi connectivity index (χ4n) is 4.93. The molecular weight excluding hydrogens is 1020 g/mol. The smallest absolute Gasteiger partial charge is 0.790 e. The molecule has 30 nitrogen and oxygen atoms in total. The van der Waals surface area contributed by atoms with Crippen LogP contribution in [0.2, 0.25) is 0 Å². The van der Waals surface area contributed by atoms with E-state index in [9.17, 15) is 68.0 Å². The summed E-state index contributed by atoms with van der Waals surface area (Å²) < 4.78 is 71.5. The topological polar surface area (TPSA) is 482 Å². The van der Waals surface area contributed by atoms with Gasteiger partial charge in [0, 0.05) is 0 Å². The fraction of sp³-hybridized carbons (Fsp3) is 0.500. The predicted octanol–water partition coefficient (Wildman–Crippen LogP) is -7.29. The molecule has 37 heteroatoms. The van der Waals surface area contributed by atoms with Crippen LogP contribution >= 0.6 is 31.3 Å². The van der Waals surface area contributed by atoms with Crippen LogP contribution in [0, 0.1) is 0 Å². The Morgan fingerprint density at radius 2 is 0.930 bits per heavy atom. The molecule has 2 unspecified atom stereocenters. The molecule has 0 spiro atoms. The number of hydrogen-bond donors (Lipinski definition) is 6. The Bertz CT molecular complexity index is 2030. The third-order valence-electron chi connectivity index (χ3n) is 7.19. The van der Waals surface area contributed by atoms with E-state index in [-0.39, 0.29) is 92.4 Å². The Labute approximate surface area is 355 Å². The van der Waals surface area contributed by atoms with E-state index >= 15 is 0 Å². The number of phosphoric ester groups is 2. The van der Waals surface area contributed by atoms with Gasteiger partial charge in [0.2, 0.25) is 0 Å². The van der Waals surface area contributed by atoms with Crippen LogP contribution in [0.3, 0.4) is 0 Å². The van der Waals surface area contributed by atoms with Crippen molar-refractivity contribution in [3.05, 3.63) is 25.3 Å². The minimum absolute atomic E-state index is 0. The van der Waals surface area contributed by atoms with Crippen molar-refractivity contribution in [2.45, 2.75) is 49.1 Å². The Morgan fingerprint density at radius 3 is 1.25 bits per heavy atom. The maximum atomic E-state index is 11.3. The molecule has 0 saturated carbocycles. The van der Waals surface area contributed by atoms with Gasteiger partial charge in [-0.05, 0) is 0 Å². The first kappa shape index (κ1) is 52.0. The number of aromatic nitrogens is 8. The largest absolute Gasteiger partial charge is 2.00 e. The molecule has 0 amide bonds. The molecule has 2 fully saturated rings. The van der Waals surface area contributed by atoms with Gasteiger partial charge in [-0.25, -0.2) is 29.9 Å². The molecule has 10 atom stereocenters. The fourth-order valence-corrected chi connectivity index (χ4v) is 7.92. The first-order valence-electron chi connectivity index (χ1n) is 14.2. The molecule has 4 aromatic rings. The molecule has 0 bridgehead atoms. The van der Waals surface area contributed by atoms with E-state index in [1.807, 2.05) is 0 Å². The molecule has 2 aliphatic rings. The first-order chi connectivity index (χ1) is 25.0. The molecule has 2 saturated heterocycles. The zero-order valence-corrected chi connectivity index (χ0v) is 40.8. The van der Waals surface area contributed by atoms with Crippen LogP contribution in [0.5, 0.6) is 0 Å². The molecule has 0 aliphatic carbocycles. The summed E-state index contributed by atoms with van der Waals surface area (Å²) in [7, 11) is -22.7. The van der Waals surface area contributed by atoms with Crippen molar-refractivity contribution in [3.8, 4) is 0 Å². The van der Waals surface area contributed by atoms with Gasteiger partial charge in [-0.3, -0.25) is 26.9 Å². The third kappa shape index (κ3) is 12.9. The number of imidazole rings is 2. The summed E-state index contributed by atoms with van der Waals surface area (Å²) in [6.07, 6.45) is -6.96. The summed E-state index contributed by atoms with van der Waals surface area (Å²) in [5, 5.41) is 40.4. The average molecular weight is 1040 g/mol. The molecule has 6 rings (SSSR count). The van der Waals surface area contributed by atoms with Crippen molar-refractivity contribution < 1.29 is 154 Å². The van der Waals surface area contributed by atoms with Crippen LogP contribution in [0.1, 0.15) is 12.5 Å². The summed E-state index contributed by atoms with van der Waals surface area (Å²) in [6.45, 7) is -1.86. The zero-order valence-electron chi connectivity index (χ0n) is 28.3. The number of nitrogens with two attached hydrogens (primary N) is 2. The van der Waals surface area contributed by atoms with E-state index in [0.29, 0.717) is 0 Å². The van der Waals surface area contributed by atoms with Crippen molar-refractivity contribution in [1.29, 1.82) is 0 Å². The van der Waals surface area contributed by atoms with E-state index in [0.717, 1.165) is 12.7 Å². The maximum absolute atomic E-state index is 11.3.